The molecular formula is C11H13N3O2. The maximum absolute atomic E-state index is 11.3. The highest BCUT2D eigenvalue weighted by Crippen LogP contribution is 2.04. The summed E-state index contributed by atoms with van der Waals surface area (Å²) in [5, 5.41) is 11.1. The molecular weight excluding hydrogens is 206 g/mol. The smallest absolute Gasteiger partial charge is 0.322 e. The zero-order chi connectivity index (χ0) is 12.0. The van der Waals surface area contributed by atoms with Gasteiger partial charge in [0, 0.05) is 14.1 Å². The van der Waals surface area contributed by atoms with E-state index in [2.05, 4.69) is 22.1 Å². The van der Waals surface area contributed by atoms with Crippen molar-refractivity contribution in [1.82, 2.24) is 9.88 Å². The lowest BCUT2D eigenvalue weighted by atomic mass is 10.3. The molecule has 0 bridgehead atoms. The summed E-state index contributed by atoms with van der Waals surface area (Å²) in [6, 6.07) is 4.86. The van der Waals surface area contributed by atoms with Gasteiger partial charge in [0.1, 0.15) is 18.1 Å². The Bertz CT molecular complexity index is 432. The molecule has 5 heteroatoms. The summed E-state index contributed by atoms with van der Waals surface area (Å²) in [5.41, 5.74) is 0.505. The van der Waals surface area contributed by atoms with Crippen molar-refractivity contribution >= 4 is 11.8 Å². The number of anilines is 1. The topological polar surface area (TPSA) is 65.5 Å². The van der Waals surface area contributed by atoms with Crippen LogP contribution in [0.5, 0.6) is 0 Å². The minimum absolute atomic E-state index is 0.212. The van der Waals surface area contributed by atoms with Crippen molar-refractivity contribution in [3.63, 3.8) is 0 Å². The second-order valence-electron chi connectivity index (χ2n) is 3.19. The molecule has 1 heterocycles. The predicted molar refractivity (Wildman–Crippen MR) is 60.9 cm³/mol. The van der Waals surface area contributed by atoms with Gasteiger partial charge in [-0.3, -0.25) is 5.32 Å². The van der Waals surface area contributed by atoms with Gasteiger partial charge in [0.2, 0.25) is 0 Å². The summed E-state index contributed by atoms with van der Waals surface area (Å²) in [6.45, 7) is -0.212. The molecule has 0 fully saturated rings. The molecule has 5 nitrogen and oxygen atoms in total. The Morgan fingerprint density at radius 1 is 1.56 bits per heavy atom. The van der Waals surface area contributed by atoms with Crippen LogP contribution in [0.15, 0.2) is 18.2 Å². The molecule has 0 aromatic carbocycles. The molecule has 0 aliphatic carbocycles. The summed E-state index contributed by atoms with van der Waals surface area (Å²) in [6.07, 6.45) is 0. The van der Waals surface area contributed by atoms with Crippen LogP contribution in [0.25, 0.3) is 0 Å². The molecule has 1 aromatic heterocycles. The maximum atomic E-state index is 11.3. The first-order chi connectivity index (χ1) is 7.63. The Morgan fingerprint density at radius 2 is 2.31 bits per heavy atom. The Kier molecular flexibility index (Phi) is 4.30. The van der Waals surface area contributed by atoms with Crippen LogP contribution in [0.3, 0.4) is 0 Å². The van der Waals surface area contributed by atoms with E-state index in [1.807, 2.05) is 0 Å². The molecule has 0 saturated heterocycles. The lowest BCUT2D eigenvalue weighted by Crippen LogP contribution is -2.27. The van der Waals surface area contributed by atoms with E-state index in [0.717, 1.165) is 0 Å². The average molecular weight is 219 g/mol. The van der Waals surface area contributed by atoms with Crippen LogP contribution in [0.2, 0.25) is 0 Å². The Morgan fingerprint density at radius 3 is 2.94 bits per heavy atom. The van der Waals surface area contributed by atoms with Gasteiger partial charge in [0.15, 0.2) is 0 Å². The van der Waals surface area contributed by atoms with Crippen molar-refractivity contribution < 1.29 is 9.90 Å². The predicted octanol–water partition coefficient (Wildman–Crippen LogP) is 0.519. The molecule has 1 rings (SSSR count). The van der Waals surface area contributed by atoms with E-state index in [1.165, 1.54) is 4.90 Å². The van der Waals surface area contributed by atoms with E-state index >= 15 is 0 Å². The third-order valence-corrected chi connectivity index (χ3v) is 1.69. The van der Waals surface area contributed by atoms with Gasteiger partial charge in [-0.25, -0.2) is 9.78 Å². The van der Waals surface area contributed by atoms with E-state index in [9.17, 15) is 4.79 Å². The first-order valence-electron chi connectivity index (χ1n) is 4.68. The fourth-order valence-corrected chi connectivity index (χ4v) is 0.925. The molecule has 0 saturated carbocycles. The van der Waals surface area contributed by atoms with Crippen molar-refractivity contribution in [1.29, 1.82) is 0 Å². The van der Waals surface area contributed by atoms with Crippen LogP contribution in [0.4, 0.5) is 10.6 Å². The minimum Gasteiger partial charge on any atom is -0.384 e. The van der Waals surface area contributed by atoms with Gasteiger partial charge in [-0.05, 0) is 18.1 Å². The van der Waals surface area contributed by atoms with Crippen molar-refractivity contribution in [2.45, 2.75) is 0 Å². The molecule has 84 valence electrons. The van der Waals surface area contributed by atoms with Gasteiger partial charge < -0.3 is 10.0 Å². The number of nitrogens with one attached hydrogen (secondary N) is 1. The summed E-state index contributed by atoms with van der Waals surface area (Å²) < 4.78 is 0. The lowest BCUT2D eigenvalue weighted by molar-refractivity contribution is 0.230. The number of urea groups is 1. The van der Waals surface area contributed by atoms with Crippen LogP contribution in [0.1, 0.15) is 5.69 Å². The van der Waals surface area contributed by atoms with Gasteiger partial charge in [0.25, 0.3) is 0 Å². The highest BCUT2D eigenvalue weighted by Gasteiger charge is 2.04. The largest absolute Gasteiger partial charge is 0.384 e. The SMILES string of the molecule is CN(C)C(=O)Nc1cccc(C#CCO)n1. The summed E-state index contributed by atoms with van der Waals surface area (Å²) in [5.74, 6) is 5.58. The molecule has 0 radical (unpaired) electrons. The van der Waals surface area contributed by atoms with E-state index < -0.39 is 0 Å². The molecule has 16 heavy (non-hydrogen) atoms. The molecule has 0 spiro atoms. The standard InChI is InChI=1S/C11H13N3O2/c1-14(2)11(16)13-10-7-3-5-9(12-10)6-4-8-15/h3,5,7,15H,8H2,1-2H3,(H,12,13,16). The van der Waals surface area contributed by atoms with Gasteiger partial charge in [-0.1, -0.05) is 12.0 Å². The normalized spacial score (nSPS) is 8.94. The number of carbonyl (C=O) groups excluding carboxylic acids is 1. The van der Waals surface area contributed by atoms with Gasteiger partial charge in [0.05, 0.1) is 0 Å². The van der Waals surface area contributed by atoms with Crippen molar-refractivity contribution in [2.75, 3.05) is 26.0 Å². The Labute approximate surface area is 94.1 Å². The van der Waals surface area contributed by atoms with Crippen molar-refractivity contribution in [3.8, 4) is 11.8 Å². The molecule has 0 unspecified atom stereocenters. The number of rotatable bonds is 1. The number of hydrogen-bond donors (Lipinski definition) is 2. The van der Waals surface area contributed by atoms with Gasteiger partial charge in [-0.2, -0.15) is 0 Å². The number of carbonyl (C=O) groups is 1. The van der Waals surface area contributed by atoms with Crippen molar-refractivity contribution in [3.05, 3.63) is 23.9 Å². The van der Waals surface area contributed by atoms with Crippen LogP contribution in [-0.2, 0) is 0 Å². The lowest BCUT2D eigenvalue weighted by Gasteiger charge is -2.11. The second-order valence-corrected chi connectivity index (χ2v) is 3.19. The number of amides is 2. The highest BCUT2D eigenvalue weighted by atomic mass is 16.2. The first kappa shape index (κ1) is 12.0. The van der Waals surface area contributed by atoms with Crippen LogP contribution < -0.4 is 5.32 Å². The van der Waals surface area contributed by atoms with Crippen LogP contribution in [0, 0.1) is 11.8 Å². The number of aliphatic hydroxyl groups is 1. The fourth-order valence-electron chi connectivity index (χ4n) is 0.925. The average Bonchev–Trinajstić information content (AvgIpc) is 2.26. The number of hydrogen-bond acceptors (Lipinski definition) is 3. The van der Waals surface area contributed by atoms with Gasteiger partial charge in [-0.15, -0.1) is 0 Å². The minimum atomic E-state index is -0.250. The third kappa shape index (κ3) is 3.59. The van der Waals surface area contributed by atoms with Crippen LogP contribution in [-0.4, -0.2) is 41.7 Å². The zero-order valence-electron chi connectivity index (χ0n) is 9.19. The number of nitrogens with zero attached hydrogens (tertiary/aromatic N) is 2. The molecule has 0 aliphatic rings. The number of aliphatic hydroxyl groups excluding tert-OH is 1. The molecule has 0 aliphatic heterocycles. The fraction of sp³-hybridized carbons (Fsp3) is 0.273. The summed E-state index contributed by atoms with van der Waals surface area (Å²) in [4.78, 5) is 16.8. The zero-order valence-corrected chi connectivity index (χ0v) is 9.19. The van der Waals surface area contributed by atoms with Gasteiger partial charge >= 0.3 is 6.03 Å². The molecule has 2 amide bonds. The third-order valence-electron chi connectivity index (χ3n) is 1.69. The molecule has 1 aromatic rings. The van der Waals surface area contributed by atoms with Crippen LogP contribution >= 0.6 is 0 Å². The molecule has 0 atom stereocenters. The Hall–Kier alpha value is -2.06. The number of aromatic nitrogens is 1. The summed E-state index contributed by atoms with van der Waals surface area (Å²) in [7, 11) is 3.29. The van der Waals surface area contributed by atoms with E-state index in [4.69, 9.17) is 5.11 Å². The second kappa shape index (κ2) is 5.73. The number of pyridine rings is 1. The quantitative estimate of drug-likeness (QED) is 0.677. The molecule has 2 N–H and O–H groups in total. The maximum Gasteiger partial charge on any atom is 0.322 e. The first-order valence-corrected chi connectivity index (χ1v) is 4.68. The summed E-state index contributed by atoms with van der Waals surface area (Å²) >= 11 is 0. The van der Waals surface area contributed by atoms with E-state index in [0.29, 0.717) is 11.5 Å². The Balaban J connectivity index is 2.78. The van der Waals surface area contributed by atoms with E-state index in [1.54, 1.807) is 32.3 Å². The monoisotopic (exact) mass is 219 g/mol. The van der Waals surface area contributed by atoms with E-state index in [-0.39, 0.29) is 12.6 Å². The highest BCUT2D eigenvalue weighted by molar-refractivity contribution is 5.87. The van der Waals surface area contributed by atoms with Crippen molar-refractivity contribution in [2.24, 2.45) is 0 Å².